The second-order valence-corrected chi connectivity index (χ2v) is 9.04. The molecule has 3 aromatic rings. The fourth-order valence-corrected chi connectivity index (χ4v) is 4.30. The first-order valence-electron chi connectivity index (χ1n) is 10.0. The van der Waals surface area contributed by atoms with E-state index in [-0.39, 0.29) is 23.1 Å². The normalized spacial score (nSPS) is 11.3. The molecule has 2 aromatic carbocycles. The average Bonchev–Trinajstić information content (AvgIpc) is 2.70. The van der Waals surface area contributed by atoms with E-state index in [2.05, 4.69) is 17.2 Å². The van der Waals surface area contributed by atoms with Gasteiger partial charge in [-0.15, -0.1) is 0 Å². The molecule has 1 N–H and O–H groups in total. The SMILES string of the molecule is CCc1cccc(C)c1NC(=O)CSc1nc2ccc(Cl)cc2c(=O)n1CC(C)C. The van der Waals surface area contributed by atoms with Crippen LogP contribution in [-0.4, -0.2) is 21.2 Å². The van der Waals surface area contributed by atoms with Crippen molar-refractivity contribution in [3.05, 3.63) is 62.9 Å². The molecule has 3 rings (SSSR count). The first-order chi connectivity index (χ1) is 14.3. The Balaban J connectivity index is 1.87. The summed E-state index contributed by atoms with van der Waals surface area (Å²) in [6.07, 6.45) is 0.840. The number of fused-ring (bicyclic) bond motifs is 1. The topological polar surface area (TPSA) is 64.0 Å². The van der Waals surface area contributed by atoms with Crippen molar-refractivity contribution >= 4 is 45.9 Å². The Morgan fingerprint density at radius 3 is 2.73 bits per heavy atom. The summed E-state index contributed by atoms with van der Waals surface area (Å²) in [4.78, 5) is 30.4. The molecule has 0 aliphatic rings. The Bertz CT molecular complexity index is 1140. The molecular formula is C23H26ClN3O2S. The predicted molar refractivity (Wildman–Crippen MR) is 126 cm³/mol. The van der Waals surface area contributed by atoms with E-state index in [4.69, 9.17) is 11.6 Å². The van der Waals surface area contributed by atoms with Gasteiger partial charge in [0.15, 0.2) is 5.16 Å². The summed E-state index contributed by atoms with van der Waals surface area (Å²) in [5, 5.41) is 4.56. The van der Waals surface area contributed by atoms with Gasteiger partial charge in [-0.2, -0.15) is 0 Å². The molecule has 0 unspecified atom stereocenters. The number of carbonyl (C=O) groups is 1. The van der Waals surface area contributed by atoms with Crippen molar-refractivity contribution in [2.75, 3.05) is 11.1 Å². The number of nitrogens with zero attached hydrogens (tertiary/aromatic N) is 2. The molecule has 158 valence electrons. The van der Waals surface area contributed by atoms with Crippen molar-refractivity contribution in [2.45, 2.75) is 45.8 Å². The number of aryl methyl sites for hydroxylation is 2. The van der Waals surface area contributed by atoms with Crippen LogP contribution in [0.5, 0.6) is 0 Å². The number of benzene rings is 2. The number of thioether (sulfide) groups is 1. The maximum absolute atomic E-state index is 13.1. The van der Waals surface area contributed by atoms with Gasteiger partial charge in [0, 0.05) is 17.3 Å². The van der Waals surface area contributed by atoms with Gasteiger partial charge in [-0.05, 0) is 48.6 Å². The van der Waals surface area contributed by atoms with Crippen molar-refractivity contribution in [3.63, 3.8) is 0 Å². The van der Waals surface area contributed by atoms with Crippen LogP contribution >= 0.6 is 23.4 Å². The van der Waals surface area contributed by atoms with Gasteiger partial charge in [0.2, 0.25) is 5.91 Å². The van der Waals surface area contributed by atoms with Gasteiger partial charge in [-0.3, -0.25) is 14.2 Å². The van der Waals surface area contributed by atoms with Crippen LogP contribution in [0, 0.1) is 12.8 Å². The van der Waals surface area contributed by atoms with Crippen LogP contribution < -0.4 is 10.9 Å². The van der Waals surface area contributed by atoms with Crippen LogP contribution in [0.4, 0.5) is 5.69 Å². The zero-order valence-electron chi connectivity index (χ0n) is 17.7. The molecule has 0 aliphatic heterocycles. The van der Waals surface area contributed by atoms with Crippen molar-refractivity contribution in [2.24, 2.45) is 5.92 Å². The first kappa shape index (κ1) is 22.4. The van der Waals surface area contributed by atoms with E-state index in [1.54, 1.807) is 22.8 Å². The van der Waals surface area contributed by atoms with E-state index >= 15 is 0 Å². The van der Waals surface area contributed by atoms with E-state index in [0.29, 0.717) is 27.6 Å². The smallest absolute Gasteiger partial charge is 0.262 e. The van der Waals surface area contributed by atoms with Gasteiger partial charge in [0.25, 0.3) is 5.56 Å². The summed E-state index contributed by atoms with van der Waals surface area (Å²) >= 11 is 7.35. The molecule has 30 heavy (non-hydrogen) atoms. The molecule has 0 fully saturated rings. The monoisotopic (exact) mass is 443 g/mol. The minimum Gasteiger partial charge on any atom is -0.325 e. The zero-order chi connectivity index (χ0) is 21.8. The third kappa shape index (κ3) is 5.05. The molecule has 1 amide bonds. The molecule has 7 heteroatoms. The summed E-state index contributed by atoms with van der Waals surface area (Å²) in [6.45, 7) is 8.66. The molecule has 0 atom stereocenters. The standard InChI is InChI=1S/C23H26ClN3O2S/c1-5-16-8-6-7-15(4)21(16)26-20(28)13-30-23-25-19-10-9-17(24)11-18(19)22(29)27(23)12-14(2)3/h6-11,14H,5,12-13H2,1-4H3,(H,26,28). The van der Waals surface area contributed by atoms with Crippen molar-refractivity contribution in [1.82, 2.24) is 9.55 Å². The summed E-state index contributed by atoms with van der Waals surface area (Å²) < 4.78 is 1.65. The predicted octanol–water partition coefficient (Wildman–Crippen LogP) is 5.31. The fourth-order valence-electron chi connectivity index (χ4n) is 3.32. The minimum atomic E-state index is -0.133. The second kappa shape index (κ2) is 9.67. The molecule has 0 aliphatic carbocycles. The van der Waals surface area contributed by atoms with Gasteiger partial charge in [0.05, 0.1) is 16.7 Å². The Kier molecular flexibility index (Phi) is 7.21. The van der Waals surface area contributed by atoms with Gasteiger partial charge < -0.3 is 5.32 Å². The van der Waals surface area contributed by atoms with E-state index in [0.717, 1.165) is 23.2 Å². The highest BCUT2D eigenvalue weighted by atomic mass is 35.5. The maximum atomic E-state index is 13.1. The molecule has 0 spiro atoms. The number of aromatic nitrogens is 2. The maximum Gasteiger partial charge on any atom is 0.262 e. The van der Waals surface area contributed by atoms with Gasteiger partial charge in [-0.1, -0.05) is 62.3 Å². The van der Waals surface area contributed by atoms with Crippen LogP contribution in [0.25, 0.3) is 10.9 Å². The number of rotatable bonds is 7. The highest BCUT2D eigenvalue weighted by Crippen LogP contribution is 2.24. The van der Waals surface area contributed by atoms with Crippen LogP contribution in [0.3, 0.4) is 0 Å². The number of anilines is 1. The fraction of sp³-hybridized carbons (Fsp3) is 0.348. The molecule has 1 aromatic heterocycles. The minimum absolute atomic E-state index is 0.120. The lowest BCUT2D eigenvalue weighted by atomic mass is 10.1. The molecule has 0 bridgehead atoms. The summed E-state index contributed by atoms with van der Waals surface area (Å²) in [5.74, 6) is 0.306. The Morgan fingerprint density at radius 2 is 2.03 bits per heavy atom. The van der Waals surface area contributed by atoms with E-state index in [1.807, 2.05) is 39.0 Å². The van der Waals surface area contributed by atoms with E-state index in [1.165, 1.54) is 11.8 Å². The average molecular weight is 444 g/mol. The van der Waals surface area contributed by atoms with Gasteiger partial charge >= 0.3 is 0 Å². The Hall–Kier alpha value is -2.31. The van der Waals surface area contributed by atoms with E-state index in [9.17, 15) is 9.59 Å². The largest absolute Gasteiger partial charge is 0.325 e. The Morgan fingerprint density at radius 1 is 1.27 bits per heavy atom. The number of para-hydroxylation sites is 1. The van der Waals surface area contributed by atoms with Crippen molar-refractivity contribution in [3.8, 4) is 0 Å². The molecular weight excluding hydrogens is 418 g/mol. The molecule has 1 heterocycles. The number of hydrogen-bond donors (Lipinski definition) is 1. The van der Waals surface area contributed by atoms with Crippen LogP contribution in [0.1, 0.15) is 31.9 Å². The second-order valence-electron chi connectivity index (χ2n) is 7.66. The van der Waals surface area contributed by atoms with E-state index < -0.39 is 0 Å². The lowest BCUT2D eigenvalue weighted by Gasteiger charge is -2.16. The number of amides is 1. The molecule has 0 saturated heterocycles. The highest BCUT2D eigenvalue weighted by Gasteiger charge is 2.16. The quantitative estimate of drug-likeness (QED) is 0.397. The number of carbonyl (C=O) groups excluding carboxylic acids is 1. The molecule has 5 nitrogen and oxygen atoms in total. The van der Waals surface area contributed by atoms with Crippen LogP contribution in [0.15, 0.2) is 46.3 Å². The summed E-state index contributed by atoms with van der Waals surface area (Å²) in [7, 11) is 0. The number of halogens is 1. The zero-order valence-corrected chi connectivity index (χ0v) is 19.2. The molecule has 0 saturated carbocycles. The highest BCUT2D eigenvalue weighted by molar-refractivity contribution is 7.99. The van der Waals surface area contributed by atoms with Crippen LogP contribution in [-0.2, 0) is 17.8 Å². The van der Waals surface area contributed by atoms with Crippen molar-refractivity contribution < 1.29 is 4.79 Å². The number of nitrogens with one attached hydrogen (secondary N) is 1. The lowest BCUT2D eigenvalue weighted by Crippen LogP contribution is -2.26. The third-order valence-electron chi connectivity index (χ3n) is 4.77. The Labute approximate surface area is 185 Å². The lowest BCUT2D eigenvalue weighted by molar-refractivity contribution is -0.113. The van der Waals surface area contributed by atoms with Crippen molar-refractivity contribution in [1.29, 1.82) is 0 Å². The van der Waals surface area contributed by atoms with Crippen LogP contribution in [0.2, 0.25) is 5.02 Å². The molecule has 0 radical (unpaired) electrons. The third-order valence-corrected chi connectivity index (χ3v) is 5.98. The summed E-state index contributed by atoms with van der Waals surface area (Å²) in [6, 6.07) is 11.1. The summed E-state index contributed by atoms with van der Waals surface area (Å²) in [5.41, 5.74) is 3.45. The first-order valence-corrected chi connectivity index (χ1v) is 11.4. The van der Waals surface area contributed by atoms with Gasteiger partial charge in [0.1, 0.15) is 0 Å². The van der Waals surface area contributed by atoms with Gasteiger partial charge in [-0.25, -0.2) is 4.98 Å². The number of hydrogen-bond acceptors (Lipinski definition) is 4.